The number of ether oxygens (including phenoxy) is 1. The molecule has 1 aromatic heterocycles. The van der Waals surface area contributed by atoms with Gasteiger partial charge >= 0.3 is 0 Å². The number of carbonyl (C=O) groups excluding carboxylic acids is 1. The molecule has 0 radical (unpaired) electrons. The van der Waals surface area contributed by atoms with E-state index in [4.69, 9.17) is 4.74 Å². The standard InChI is InChI=1S/C23H33N5O4S/c1-18(2)27-16-22(24-17-27)33(30,31)28-10-6-7-19(15-28)23(29)26-13-11-25(12-14-26)20-8-4-5-9-21(20)32-3/h4-5,8-9,16-19H,6-7,10-15H2,1-3H3. The predicted octanol–water partition coefficient (Wildman–Crippen LogP) is 2.22. The minimum atomic E-state index is -3.72. The average molecular weight is 476 g/mol. The minimum absolute atomic E-state index is 0.0438. The number of benzene rings is 1. The summed E-state index contributed by atoms with van der Waals surface area (Å²) in [6.07, 6.45) is 4.49. The number of para-hydroxylation sites is 2. The highest BCUT2D eigenvalue weighted by molar-refractivity contribution is 7.89. The van der Waals surface area contributed by atoms with Gasteiger partial charge in [0.05, 0.1) is 25.0 Å². The summed E-state index contributed by atoms with van der Waals surface area (Å²) in [4.78, 5) is 21.5. The van der Waals surface area contributed by atoms with Crippen molar-refractivity contribution in [2.45, 2.75) is 37.8 Å². The monoisotopic (exact) mass is 475 g/mol. The second kappa shape index (κ2) is 9.72. The Balaban J connectivity index is 1.39. The zero-order valence-corrected chi connectivity index (χ0v) is 20.4. The van der Waals surface area contributed by atoms with E-state index in [1.807, 2.05) is 43.0 Å². The number of nitrogens with zero attached hydrogens (tertiary/aromatic N) is 5. The maximum Gasteiger partial charge on any atom is 0.262 e. The number of hydrogen-bond donors (Lipinski definition) is 0. The third kappa shape index (κ3) is 4.86. The fraction of sp³-hybridized carbons (Fsp3) is 0.565. The van der Waals surface area contributed by atoms with Crippen molar-refractivity contribution in [1.29, 1.82) is 0 Å². The van der Waals surface area contributed by atoms with Gasteiger partial charge in [-0.3, -0.25) is 4.79 Å². The SMILES string of the molecule is COc1ccccc1N1CCN(C(=O)C2CCCN(S(=O)(=O)c3cn(C(C)C)cn3)C2)CC1. The Bertz CT molecular complexity index is 1080. The molecule has 2 aliphatic heterocycles. The van der Waals surface area contributed by atoms with E-state index in [1.54, 1.807) is 24.2 Å². The predicted molar refractivity (Wildman–Crippen MR) is 126 cm³/mol. The van der Waals surface area contributed by atoms with Crippen LogP contribution in [0.15, 0.2) is 41.8 Å². The van der Waals surface area contributed by atoms with Crippen molar-refractivity contribution in [3.63, 3.8) is 0 Å². The topological polar surface area (TPSA) is 88.0 Å². The third-order valence-corrected chi connectivity index (χ3v) is 8.28. The van der Waals surface area contributed by atoms with Crippen LogP contribution in [0, 0.1) is 5.92 Å². The Morgan fingerprint density at radius 3 is 2.52 bits per heavy atom. The smallest absolute Gasteiger partial charge is 0.262 e. The zero-order valence-electron chi connectivity index (χ0n) is 19.6. The molecule has 33 heavy (non-hydrogen) atoms. The van der Waals surface area contributed by atoms with Crippen LogP contribution < -0.4 is 9.64 Å². The highest BCUT2D eigenvalue weighted by Gasteiger charge is 2.37. The Kier molecular flexibility index (Phi) is 6.94. The molecule has 2 fully saturated rings. The lowest BCUT2D eigenvalue weighted by molar-refractivity contribution is -0.137. The quantitative estimate of drug-likeness (QED) is 0.637. The van der Waals surface area contributed by atoms with Gasteiger partial charge in [0.2, 0.25) is 5.91 Å². The molecule has 1 unspecified atom stereocenters. The fourth-order valence-electron chi connectivity index (χ4n) is 4.54. The molecule has 0 spiro atoms. The zero-order chi connectivity index (χ0) is 23.6. The van der Waals surface area contributed by atoms with Crippen molar-refractivity contribution >= 4 is 21.6 Å². The number of carbonyl (C=O) groups is 1. The molecule has 0 N–H and O–H groups in total. The van der Waals surface area contributed by atoms with E-state index in [2.05, 4.69) is 9.88 Å². The molecule has 1 amide bonds. The Labute approximate surface area is 196 Å². The molecule has 2 aromatic rings. The van der Waals surface area contributed by atoms with Crippen LogP contribution in [-0.4, -0.2) is 79.5 Å². The fourth-order valence-corrected chi connectivity index (χ4v) is 5.99. The molecule has 0 aliphatic carbocycles. The first-order valence-corrected chi connectivity index (χ1v) is 13.0. The number of aromatic nitrogens is 2. The molecule has 0 saturated carbocycles. The van der Waals surface area contributed by atoms with Crippen LogP contribution in [0.4, 0.5) is 5.69 Å². The van der Waals surface area contributed by atoms with Crippen molar-refractivity contribution in [2.24, 2.45) is 5.92 Å². The number of piperidine rings is 1. The normalized spacial score (nSPS) is 20.3. The Morgan fingerprint density at radius 1 is 1.12 bits per heavy atom. The molecule has 1 atom stereocenters. The summed E-state index contributed by atoms with van der Waals surface area (Å²) >= 11 is 0. The van der Waals surface area contributed by atoms with E-state index < -0.39 is 10.0 Å². The summed E-state index contributed by atoms with van der Waals surface area (Å²) < 4.78 is 34.9. The Hall–Kier alpha value is -2.59. The van der Waals surface area contributed by atoms with E-state index in [9.17, 15) is 13.2 Å². The number of imidazole rings is 1. The molecule has 1 aromatic carbocycles. The van der Waals surface area contributed by atoms with E-state index >= 15 is 0 Å². The van der Waals surface area contributed by atoms with Crippen molar-refractivity contribution in [2.75, 3.05) is 51.3 Å². The van der Waals surface area contributed by atoms with Crippen LogP contribution in [0.1, 0.15) is 32.7 Å². The van der Waals surface area contributed by atoms with Gasteiger partial charge in [0.25, 0.3) is 10.0 Å². The number of hydrogen-bond acceptors (Lipinski definition) is 6. The summed E-state index contributed by atoms with van der Waals surface area (Å²) in [5.74, 6) is 0.547. The van der Waals surface area contributed by atoms with Crippen molar-refractivity contribution in [3.8, 4) is 5.75 Å². The molecule has 10 heteroatoms. The first-order valence-electron chi connectivity index (χ1n) is 11.5. The summed E-state index contributed by atoms with van der Waals surface area (Å²) in [6.45, 7) is 7.23. The number of anilines is 1. The van der Waals surface area contributed by atoms with Crippen LogP contribution in [0.25, 0.3) is 0 Å². The van der Waals surface area contributed by atoms with Gasteiger partial charge in [-0.05, 0) is 38.8 Å². The lowest BCUT2D eigenvalue weighted by Gasteiger charge is -2.39. The molecule has 2 saturated heterocycles. The van der Waals surface area contributed by atoms with E-state index in [0.29, 0.717) is 45.6 Å². The van der Waals surface area contributed by atoms with Gasteiger partial charge in [-0.2, -0.15) is 4.31 Å². The average Bonchev–Trinajstić information content (AvgIpc) is 3.36. The van der Waals surface area contributed by atoms with Crippen molar-refractivity contribution in [3.05, 3.63) is 36.8 Å². The van der Waals surface area contributed by atoms with E-state index in [1.165, 1.54) is 4.31 Å². The number of methoxy groups -OCH3 is 1. The highest BCUT2D eigenvalue weighted by atomic mass is 32.2. The molecular formula is C23H33N5O4S. The van der Waals surface area contributed by atoms with Gasteiger partial charge in [-0.1, -0.05) is 12.1 Å². The van der Waals surface area contributed by atoms with Crippen molar-refractivity contribution in [1.82, 2.24) is 18.8 Å². The van der Waals surface area contributed by atoms with Crippen LogP contribution in [0.2, 0.25) is 0 Å². The molecule has 4 rings (SSSR count). The number of amides is 1. The summed E-state index contributed by atoms with van der Waals surface area (Å²) in [7, 11) is -2.05. The second-order valence-corrected chi connectivity index (χ2v) is 10.8. The summed E-state index contributed by atoms with van der Waals surface area (Å²) in [6, 6.07) is 8.02. The van der Waals surface area contributed by atoms with Crippen LogP contribution >= 0.6 is 0 Å². The first kappa shape index (κ1) is 23.6. The van der Waals surface area contributed by atoms with Gasteiger partial charge < -0.3 is 19.1 Å². The lowest BCUT2D eigenvalue weighted by atomic mass is 9.97. The Morgan fingerprint density at radius 2 is 1.85 bits per heavy atom. The number of piperazine rings is 1. The molecular weight excluding hydrogens is 442 g/mol. The summed E-state index contributed by atoms with van der Waals surface area (Å²) in [5, 5.41) is 0.0507. The van der Waals surface area contributed by atoms with Crippen LogP contribution in [0.5, 0.6) is 5.75 Å². The highest BCUT2D eigenvalue weighted by Crippen LogP contribution is 2.29. The lowest BCUT2D eigenvalue weighted by Crippen LogP contribution is -2.53. The van der Waals surface area contributed by atoms with E-state index in [0.717, 1.165) is 11.4 Å². The van der Waals surface area contributed by atoms with Gasteiger partial charge in [-0.15, -0.1) is 0 Å². The van der Waals surface area contributed by atoms with Crippen LogP contribution in [-0.2, 0) is 14.8 Å². The van der Waals surface area contributed by atoms with Crippen LogP contribution in [0.3, 0.4) is 0 Å². The maximum atomic E-state index is 13.3. The molecule has 3 heterocycles. The maximum absolute atomic E-state index is 13.3. The van der Waals surface area contributed by atoms with E-state index in [-0.39, 0.29) is 29.4 Å². The third-order valence-electron chi connectivity index (χ3n) is 6.53. The summed E-state index contributed by atoms with van der Waals surface area (Å²) in [5.41, 5.74) is 1.03. The van der Waals surface area contributed by atoms with Gasteiger partial charge in [-0.25, -0.2) is 13.4 Å². The number of sulfonamides is 1. The molecule has 9 nitrogen and oxygen atoms in total. The van der Waals surface area contributed by atoms with Crippen molar-refractivity contribution < 1.29 is 17.9 Å². The molecule has 2 aliphatic rings. The second-order valence-electron chi connectivity index (χ2n) is 8.94. The first-order chi connectivity index (χ1) is 15.8. The van der Waals surface area contributed by atoms with Gasteiger partial charge in [0.15, 0.2) is 5.03 Å². The molecule has 180 valence electrons. The largest absolute Gasteiger partial charge is 0.495 e. The van der Waals surface area contributed by atoms with Gasteiger partial charge in [0, 0.05) is 51.5 Å². The molecule has 0 bridgehead atoms. The van der Waals surface area contributed by atoms with Gasteiger partial charge in [0.1, 0.15) is 5.75 Å². The number of rotatable bonds is 6. The minimum Gasteiger partial charge on any atom is -0.495 e.